The van der Waals surface area contributed by atoms with Crippen LogP contribution in [0.2, 0.25) is 0 Å². The number of aliphatic hydroxyl groups is 1. The summed E-state index contributed by atoms with van der Waals surface area (Å²) in [7, 11) is 0. The first-order valence-electron chi connectivity index (χ1n) is 5.17. The molecule has 76 valence electrons. The van der Waals surface area contributed by atoms with Gasteiger partial charge in [0.1, 0.15) is 0 Å². The molecule has 0 aromatic heterocycles. The molecule has 1 nitrogen and oxygen atoms in total. The number of aliphatic hydroxyl groups excluding tert-OH is 1. The molecule has 1 rings (SSSR count). The summed E-state index contributed by atoms with van der Waals surface area (Å²) in [6, 6.07) is 0. The molecule has 0 aromatic carbocycles. The molecule has 1 heterocycles. The van der Waals surface area contributed by atoms with Gasteiger partial charge in [-0.05, 0) is 37.0 Å². The maximum absolute atomic E-state index is 9.65. The van der Waals surface area contributed by atoms with E-state index in [2.05, 4.69) is 25.3 Å². The van der Waals surface area contributed by atoms with Crippen LogP contribution in [0.4, 0.5) is 0 Å². The highest BCUT2D eigenvalue weighted by molar-refractivity contribution is 8.02. The van der Waals surface area contributed by atoms with E-state index >= 15 is 0 Å². The van der Waals surface area contributed by atoms with Gasteiger partial charge in [0.25, 0.3) is 0 Å². The molecule has 0 saturated heterocycles. The van der Waals surface area contributed by atoms with Crippen LogP contribution in [0, 0.1) is 5.92 Å². The van der Waals surface area contributed by atoms with Crippen molar-refractivity contribution in [3.63, 3.8) is 0 Å². The minimum absolute atomic E-state index is 0.0822. The minimum Gasteiger partial charge on any atom is -0.393 e. The zero-order valence-electron chi connectivity index (χ0n) is 8.57. The highest BCUT2D eigenvalue weighted by Gasteiger charge is 2.14. The number of allylic oxidation sites excluding steroid dienone is 1. The lowest BCUT2D eigenvalue weighted by Gasteiger charge is -2.15. The second-order valence-electron chi connectivity index (χ2n) is 4.23. The smallest absolute Gasteiger partial charge is 0.0543 e. The van der Waals surface area contributed by atoms with Crippen LogP contribution in [0.15, 0.2) is 11.5 Å². The second kappa shape index (κ2) is 5.71. The fourth-order valence-corrected chi connectivity index (χ4v) is 2.59. The number of rotatable bonds is 5. The number of thioether (sulfide) groups is 1. The summed E-state index contributed by atoms with van der Waals surface area (Å²) in [6.07, 6.45) is 6.41. The highest BCUT2D eigenvalue weighted by Crippen LogP contribution is 2.28. The fourth-order valence-electron chi connectivity index (χ4n) is 1.66. The SMILES string of the molecule is CC(C)CC(O)CCC1CC=CS1. The lowest BCUT2D eigenvalue weighted by Crippen LogP contribution is -2.12. The van der Waals surface area contributed by atoms with Crippen LogP contribution in [0.5, 0.6) is 0 Å². The monoisotopic (exact) mass is 200 g/mol. The Morgan fingerprint density at radius 2 is 2.31 bits per heavy atom. The van der Waals surface area contributed by atoms with E-state index in [0.717, 1.165) is 24.5 Å². The zero-order chi connectivity index (χ0) is 9.68. The lowest BCUT2D eigenvalue weighted by molar-refractivity contribution is 0.137. The van der Waals surface area contributed by atoms with Gasteiger partial charge in [-0.25, -0.2) is 0 Å². The molecule has 1 N–H and O–H groups in total. The average molecular weight is 200 g/mol. The van der Waals surface area contributed by atoms with Gasteiger partial charge in [-0.2, -0.15) is 0 Å². The first-order chi connectivity index (χ1) is 6.18. The Labute approximate surface area is 85.6 Å². The topological polar surface area (TPSA) is 20.2 Å². The summed E-state index contributed by atoms with van der Waals surface area (Å²) in [5.41, 5.74) is 0. The van der Waals surface area contributed by atoms with Gasteiger partial charge in [0, 0.05) is 5.25 Å². The van der Waals surface area contributed by atoms with Gasteiger partial charge in [0.15, 0.2) is 0 Å². The molecule has 0 amide bonds. The number of hydrogen-bond acceptors (Lipinski definition) is 2. The molecule has 1 aliphatic rings. The Morgan fingerprint density at radius 1 is 1.54 bits per heavy atom. The van der Waals surface area contributed by atoms with Gasteiger partial charge in [-0.15, -0.1) is 11.8 Å². The van der Waals surface area contributed by atoms with Crippen LogP contribution >= 0.6 is 11.8 Å². The van der Waals surface area contributed by atoms with Crippen LogP contribution in [-0.4, -0.2) is 16.5 Å². The van der Waals surface area contributed by atoms with Crippen molar-refractivity contribution in [1.29, 1.82) is 0 Å². The third kappa shape index (κ3) is 4.72. The molecule has 2 atom stereocenters. The van der Waals surface area contributed by atoms with E-state index in [0.29, 0.717) is 5.92 Å². The van der Waals surface area contributed by atoms with Crippen LogP contribution < -0.4 is 0 Å². The van der Waals surface area contributed by atoms with Crippen LogP contribution in [-0.2, 0) is 0 Å². The van der Waals surface area contributed by atoms with Crippen molar-refractivity contribution < 1.29 is 5.11 Å². The first kappa shape index (κ1) is 11.1. The largest absolute Gasteiger partial charge is 0.393 e. The molecular formula is C11H20OS. The fraction of sp³-hybridized carbons (Fsp3) is 0.818. The van der Waals surface area contributed by atoms with Gasteiger partial charge in [-0.3, -0.25) is 0 Å². The van der Waals surface area contributed by atoms with E-state index in [9.17, 15) is 5.11 Å². The molecule has 0 bridgehead atoms. The maximum Gasteiger partial charge on any atom is 0.0543 e. The van der Waals surface area contributed by atoms with E-state index in [1.165, 1.54) is 6.42 Å². The van der Waals surface area contributed by atoms with Gasteiger partial charge in [0.2, 0.25) is 0 Å². The van der Waals surface area contributed by atoms with Crippen molar-refractivity contribution in [2.24, 2.45) is 5.92 Å². The quantitative estimate of drug-likeness (QED) is 0.735. The third-order valence-electron chi connectivity index (χ3n) is 2.33. The molecule has 0 aromatic rings. The Hall–Kier alpha value is 0.0500. The zero-order valence-corrected chi connectivity index (χ0v) is 9.39. The molecule has 0 spiro atoms. The Bertz CT molecular complexity index is 157. The molecule has 0 radical (unpaired) electrons. The van der Waals surface area contributed by atoms with Gasteiger partial charge < -0.3 is 5.11 Å². The van der Waals surface area contributed by atoms with E-state index in [-0.39, 0.29) is 6.10 Å². The Morgan fingerprint density at radius 3 is 2.85 bits per heavy atom. The van der Waals surface area contributed by atoms with Crippen LogP contribution in [0.25, 0.3) is 0 Å². The molecule has 0 saturated carbocycles. The van der Waals surface area contributed by atoms with Crippen molar-refractivity contribution in [3.8, 4) is 0 Å². The van der Waals surface area contributed by atoms with Crippen molar-refractivity contribution in [3.05, 3.63) is 11.5 Å². The average Bonchev–Trinajstić information content (AvgIpc) is 2.51. The molecule has 1 aliphatic heterocycles. The predicted octanol–water partition coefficient (Wildman–Crippen LogP) is 3.19. The Balaban J connectivity index is 2.04. The van der Waals surface area contributed by atoms with Crippen molar-refractivity contribution in [2.45, 2.75) is 50.9 Å². The summed E-state index contributed by atoms with van der Waals surface area (Å²) in [6.45, 7) is 4.32. The summed E-state index contributed by atoms with van der Waals surface area (Å²) < 4.78 is 0. The van der Waals surface area contributed by atoms with E-state index in [4.69, 9.17) is 0 Å². The molecule has 0 fully saturated rings. The summed E-state index contributed by atoms with van der Waals surface area (Å²) in [5, 5.41) is 12.6. The standard InChI is InChI=1S/C11H20OS/c1-9(2)8-10(12)5-6-11-4-3-7-13-11/h3,7,9-12H,4-6,8H2,1-2H3. The normalized spacial score (nSPS) is 24.2. The van der Waals surface area contributed by atoms with Gasteiger partial charge in [-0.1, -0.05) is 19.9 Å². The van der Waals surface area contributed by atoms with E-state index < -0.39 is 0 Å². The van der Waals surface area contributed by atoms with Crippen LogP contribution in [0.3, 0.4) is 0 Å². The minimum atomic E-state index is -0.0822. The first-order valence-corrected chi connectivity index (χ1v) is 6.11. The second-order valence-corrected chi connectivity index (χ2v) is 5.44. The van der Waals surface area contributed by atoms with Crippen molar-refractivity contribution in [1.82, 2.24) is 0 Å². The summed E-state index contributed by atoms with van der Waals surface area (Å²) >= 11 is 1.91. The number of hydrogen-bond donors (Lipinski definition) is 1. The molecule has 2 unspecified atom stereocenters. The highest BCUT2D eigenvalue weighted by atomic mass is 32.2. The summed E-state index contributed by atoms with van der Waals surface area (Å²) in [5.74, 6) is 0.615. The molecular weight excluding hydrogens is 180 g/mol. The molecule has 13 heavy (non-hydrogen) atoms. The van der Waals surface area contributed by atoms with Gasteiger partial charge in [0.05, 0.1) is 6.10 Å². The molecule has 0 aliphatic carbocycles. The van der Waals surface area contributed by atoms with Crippen molar-refractivity contribution >= 4 is 11.8 Å². The van der Waals surface area contributed by atoms with E-state index in [1.807, 2.05) is 11.8 Å². The lowest BCUT2D eigenvalue weighted by atomic mass is 10.0. The maximum atomic E-state index is 9.65. The summed E-state index contributed by atoms with van der Waals surface area (Å²) in [4.78, 5) is 0. The predicted molar refractivity (Wildman–Crippen MR) is 59.8 cm³/mol. The molecule has 2 heteroatoms. The van der Waals surface area contributed by atoms with Crippen LogP contribution in [0.1, 0.15) is 39.5 Å². The van der Waals surface area contributed by atoms with Gasteiger partial charge >= 0.3 is 0 Å². The Kier molecular flexibility index (Phi) is 4.89. The van der Waals surface area contributed by atoms with Crippen molar-refractivity contribution in [2.75, 3.05) is 0 Å². The van der Waals surface area contributed by atoms with E-state index in [1.54, 1.807) is 0 Å². The third-order valence-corrected chi connectivity index (χ3v) is 3.49.